The number of phenols is 1. The summed E-state index contributed by atoms with van der Waals surface area (Å²) in [5.41, 5.74) is 3.12. The van der Waals surface area contributed by atoms with Crippen molar-refractivity contribution in [3.05, 3.63) is 194 Å². The van der Waals surface area contributed by atoms with Crippen LogP contribution in [0.4, 0.5) is 0 Å². The first-order chi connectivity index (χ1) is 30.6. The van der Waals surface area contributed by atoms with Crippen LogP contribution in [0.1, 0.15) is 68.4 Å². The highest BCUT2D eigenvalue weighted by Crippen LogP contribution is 2.36. The molecule has 0 amide bonds. The zero-order valence-electron chi connectivity index (χ0n) is 34.9. The summed E-state index contributed by atoms with van der Waals surface area (Å²) in [6, 6.07) is 44.3. The Hall–Kier alpha value is -6.21. The lowest BCUT2D eigenvalue weighted by Crippen LogP contribution is -2.40. The number of H-pyrrole nitrogens is 1. The topological polar surface area (TPSA) is 152 Å². The number of hydrogen-bond acceptors (Lipinski definition) is 10. The molecular weight excluding hydrogens is 811 g/mol. The van der Waals surface area contributed by atoms with Crippen LogP contribution in [0.5, 0.6) is 5.75 Å². The van der Waals surface area contributed by atoms with Gasteiger partial charge in [0, 0.05) is 58.4 Å². The number of benzene rings is 5. The van der Waals surface area contributed by atoms with Crippen molar-refractivity contribution in [1.29, 1.82) is 0 Å². The fourth-order valence-electron chi connectivity index (χ4n) is 8.30. The zero-order chi connectivity index (χ0) is 43.8. The van der Waals surface area contributed by atoms with Gasteiger partial charge in [0.1, 0.15) is 5.75 Å². The number of nitrogens with zero attached hydrogens (tertiary/aromatic N) is 1. The number of aryl methyl sites for hydroxylation is 1. The minimum absolute atomic E-state index is 0.0308. The number of hydrogen-bond donors (Lipinski definition) is 5. The van der Waals surface area contributed by atoms with E-state index in [1.54, 1.807) is 53.8 Å². The molecule has 10 nitrogen and oxygen atoms in total. The van der Waals surface area contributed by atoms with Crippen molar-refractivity contribution < 1.29 is 29.6 Å². The van der Waals surface area contributed by atoms with E-state index in [4.69, 9.17) is 4.74 Å². The Morgan fingerprint density at radius 2 is 1.56 bits per heavy atom. The Morgan fingerprint density at radius 3 is 2.32 bits per heavy atom. The van der Waals surface area contributed by atoms with Gasteiger partial charge in [0.25, 0.3) is 0 Å². The number of aromatic nitrogens is 1. The van der Waals surface area contributed by atoms with Gasteiger partial charge in [-0.25, -0.2) is 4.79 Å². The van der Waals surface area contributed by atoms with Crippen molar-refractivity contribution in [3.8, 4) is 16.2 Å². The molecule has 1 aliphatic heterocycles. The minimum Gasteiger partial charge on any atom is -0.506 e. The molecule has 7 aromatic rings. The number of aliphatic hydroxyl groups is 2. The van der Waals surface area contributed by atoms with Crippen LogP contribution in [0.25, 0.3) is 21.3 Å². The molecule has 8 rings (SSSR count). The molecule has 0 aliphatic carbocycles. The number of esters is 1. The second-order valence-corrected chi connectivity index (χ2v) is 17.4. The van der Waals surface area contributed by atoms with Crippen LogP contribution in [-0.4, -0.2) is 63.2 Å². The Bertz CT molecular complexity index is 2710. The number of piperidine rings is 1. The highest BCUT2D eigenvalue weighted by atomic mass is 32.1. The van der Waals surface area contributed by atoms with E-state index in [0.29, 0.717) is 47.0 Å². The minimum atomic E-state index is -2.00. The third-order valence-corrected chi connectivity index (χ3v) is 13.1. The molecule has 5 N–H and O–H groups in total. The third kappa shape index (κ3) is 10.4. The van der Waals surface area contributed by atoms with Crippen LogP contribution in [0.3, 0.4) is 0 Å². The van der Waals surface area contributed by atoms with Gasteiger partial charge < -0.3 is 30.4 Å². The number of aromatic hydroxyl groups is 1. The van der Waals surface area contributed by atoms with Crippen molar-refractivity contribution in [2.45, 2.75) is 50.5 Å². The lowest BCUT2D eigenvalue weighted by atomic mass is 9.85. The number of nitrogens with one attached hydrogen (secondary N) is 2. The van der Waals surface area contributed by atoms with Gasteiger partial charge in [0.05, 0.1) is 18.2 Å². The van der Waals surface area contributed by atoms with Gasteiger partial charge in [-0.15, -0.1) is 11.3 Å². The van der Waals surface area contributed by atoms with Crippen molar-refractivity contribution >= 4 is 34.0 Å². The van der Waals surface area contributed by atoms with Crippen LogP contribution in [0.15, 0.2) is 150 Å². The van der Waals surface area contributed by atoms with E-state index in [-0.39, 0.29) is 41.7 Å². The van der Waals surface area contributed by atoms with Crippen LogP contribution >= 0.6 is 11.3 Å². The molecule has 322 valence electrons. The number of ketones is 1. The average Bonchev–Trinajstić information content (AvgIpc) is 3.80. The fraction of sp³-hybridized carbons (Fsp3) is 0.250. The summed E-state index contributed by atoms with van der Waals surface area (Å²) in [6.45, 7) is 3.71. The first kappa shape index (κ1) is 43.4. The van der Waals surface area contributed by atoms with Crippen LogP contribution in [0, 0.1) is 5.92 Å². The Kier molecular flexibility index (Phi) is 13.7. The molecule has 3 heterocycles. The number of likely N-dealkylation sites (tertiary alicyclic amines) is 1. The lowest BCUT2D eigenvalue weighted by molar-refractivity contribution is -0.164. The maximum absolute atomic E-state index is 14.0. The second kappa shape index (κ2) is 19.9. The Labute approximate surface area is 370 Å². The van der Waals surface area contributed by atoms with Crippen LogP contribution in [-0.2, 0) is 34.6 Å². The van der Waals surface area contributed by atoms with E-state index in [0.717, 1.165) is 53.4 Å². The number of thiophene rings is 1. The summed E-state index contributed by atoms with van der Waals surface area (Å²) in [7, 11) is 0. The number of carbonyl (C=O) groups is 2. The molecule has 1 saturated heterocycles. The van der Waals surface area contributed by atoms with Gasteiger partial charge in [0.15, 0.2) is 5.78 Å². The predicted octanol–water partition coefficient (Wildman–Crippen LogP) is 8.29. The number of aliphatic hydroxyl groups excluding tert-OH is 1. The van der Waals surface area contributed by atoms with Crippen LogP contribution in [0.2, 0.25) is 0 Å². The highest BCUT2D eigenvalue weighted by molar-refractivity contribution is 7.15. The van der Waals surface area contributed by atoms with E-state index < -0.39 is 17.7 Å². The molecule has 1 fully saturated rings. The van der Waals surface area contributed by atoms with Crippen LogP contribution < -0.4 is 10.9 Å². The van der Waals surface area contributed by atoms with Crippen molar-refractivity contribution in [3.63, 3.8) is 0 Å². The zero-order valence-corrected chi connectivity index (χ0v) is 35.7. The van der Waals surface area contributed by atoms with Gasteiger partial charge in [-0.2, -0.15) is 0 Å². The highest BCUT2D eigenvalue weighted by Gasteiger charge is 2.42. The number of rotatable bonds is 17. The van der Waals surface area contributed by atoms with Gasteiger partial charge in [-0.3, -0.25) is 14.5 Å². The molecule has 0 radical (unpaired) electrons. The molecule has 0 bridgehead atoms. The summed E-state index contributed by atoms with van der Waals surface area (Å²) < 4.78 is 5.95. The summed E-state index contributed by atoms with van der Waals surface area (Å²) >= 11 is 1.58. The first-order valence-corrected chi connectivity index (χ1v) is 22.2. The van der Waals surface area contributed by atoms with Gasteiger partial charge in [0.2, 0.25) is 11.2 Å². The van der Waals surface area contributed by atoms with E-state index in [1.165, 1.54) is 17.7 Å². The monoisotopic (exact) mass is 861 g/mol. The molecule has 11 heteroatoms. The largest absolute Gasteiger partial charge is 0.506 e. The Balaban J connectivity index is 0.848. The SMILES string of the molecule is O=C(CCc1ccc(-c2cccc([C@](O)(C(=O)OCC3CCN(Cc4ccccc4)CC3)c3ccccc3)c2)s1)c1ccc(CNC[C@H](O)c2ccc(O)c3[nH]c(=O)ccc23)cc1. The molecule has 0 spiro atoms. The first-order valence-electron chi connectivity index (χ1n) is 21.4. The summed E-state index contributed by atoms with van der Waals surface area (Å²) in [5, 5.41) is 37.2. The number of fused-ring (bicyclic) bond motifs is 1. The van der Waals surface area contributed by atoms with E-state index in [9.17, 15) is 29.7 Å². The molecule has 0 saturated carbocycles. The lowest BCUT2D eigenvalue weighted by Gasteiger charge is -2.33. The number of Topliss-reactive ketones (excluding diaryl/α,β-unsaturated/α-hetero) is 1. The molecule has 2 atom stereocenters. The summed E-state index contributed by atoms with van der Waals surface area (Å²) in [6.07, 6.45) is 1.85. The molecule has 2 aromatic heterocycles. The predicted molar refractivity (Wildman–Crippen MR) is 247 cm³/mol. The normalized spacial score (nSPS) is 14.9. The molecule has 1 aliphatic rings. The number of ether oxygens (including phenoxy) is 1. The smallest absolute Gasteiger partial charge is 0.347 e. The number of pyridine rings is 1. The molecule has 0 unspecified atom stereocenters. The second-order valence-electron chi connectivity index (χ2n) is 16.3. The van der Waals surface area contributed by atoms with E-state index >= 15 is 0 Å². The van der Waals surface area contributed by atoms with E-state index in [2.05, 4.69) is 39.5 Å². The standard InChI is InChI=1S/C52H51N3O7S/c56-45(38-16-14-35(15-17-38)31-53-32-47(58)43-20-23-46(57)50-44(43)21-25-49(59)54-50)22-18-42-19-24-48(63-42)39-10-7-13-41(30-39)52(61,40-11-5-2-6-12-40)51(60)62-34-37-26-28-55(29-27-37)33-36-8-3-1-4-9-36/h1-17,19-21,23-25,30,37,47,53,57-58,61H,18,22,26-29,31-34H2,(H,54,59)/t47-,52-/m0/s1. The fourth-order valence-corrected chi connectivity index (χ4v) is 9.30. The van der Waals surface area contributed by atoms with E-state index in [1.807, 2.05) is 66.7 Å². The third-order valence-electron chi connectivity index (χ3n) is 11.9. The van der Waals surface area contributed by atoms with Gasteiger partial charge >= 0.3 is 5.97 Å². The van der Waals surface area contributed by atoms with Gasteiger partial charge in [-0.1, -0.05) is 109 Å². The van der Waals surface area contributed by atoms with Crippen molar-refractivity contribution in [2.75, 3.05) is 26.2 Å². The summed E-state index contributed by atoms with van der Waals surface area (Å²) in [4.78, 5) is 46.0. The number of carbonyl (C=O) groups excluding carboxylic acids is 2. The quantitative estimate of drug-likeness (QED) is 0.0450. The van der Waals surface area contributed by atoms with Crippen molar-refractivity contribution in [1.82, 2.24) is 15.2 Å². The summed E-state index contributed by atoms with van der Waals surface area (Å²) in [5.74, 6) is -0.502. The maximum Gasteiger partial charge on any atom is 0.347 e. The average molecular weight is 862 g/mol. The van der Waals surface area contributed by atoms with Crippen molar-refractivity contribution in [2.24, 2.45) is 5.92 Å². The molecular formula is C52H51N3O7S. The maximum atomic E-state index is 14.0. The number of aromatic amines is 1. The Morgan fingerprint density at radius 1 is 0.825 bits per heavy atom. The van der Waals surface area contributed by atoms with Gasteiger partial charge in [-0.05, 0) is 96.4 Å². The molecule has 63 heavy (non-hydrogen) atoms. The molecule has 5 aromatic carbocycles. The number of phenolic OH excluding ortho intramolecular Hbond substituents is 1.